The number of hydroxylamine groups is 2. The van der Waals surface area contributed by atoms with Crippen LogP contribution in [0.1, 0.15) is 26.3 Å². The molecule has 0 saturated heterocycles. The quantitative estimate of drug-likeness (QED) is 0.902. The standard InChI is InChI=1S/C15H19NO4/c1-15(2,3)19-14(18)16-10-12(13(17)20-16)9-11-7-5-4-6-8-11/h4-8,17H,9-10H2,1-3H3. The number of aliphatic hydroxyl groups excluding tert-OH is 1. The molecule has 0 atom stereocenters. The van der Waals surface area contributed by atoms with Crippen molar-refractivity contribution in [3.63, 3.8) is 0 Å². The third-order valence-electron chi connectivity index (χ3n) is 2.69. The highest BCUT2D eigenvalue weighted by atomic mass is 16.8. The number of ether oxygens (including phenoxy) is 1. The molecule has 0 aromatic heterocycles. The predicted molar refractivity (Wildman–Crippen MR) is 73.8 cm³/mol. The Balaban J connectivity index is 1.97. The molecule has 2 rings (SSSR count). The van der Waals surface area contributed by atoms with Crippen LogP contribution < -0.4 is 0 Å². The lowest BCUT2D eigenvalue weighted by Crippen LogP contribution is -2.35. The van der Waals surface area contributed by atoms with E-state index in [0.717, 1.165) is 10.6 Å². The lowest BCUT2D eigenvalue weighted by molar-refractivity contribution is -0.121. The smallest absolute Gasteiger partial charge is 0.444 e. The molecule has 20 heavy (non-hydrogen) atoms. The maximum absolute atomic E-state index is 11.8. The monoisotopic (exact) mass is 277 g/mol. The van der Waals surface area contributed by atoms with E-state index < -0.39 is 11.7 Å². The van der Waals surface area contributed by atoms with Crippen LogP contribution >= 0.6 is 0 Å². The van der Waals surface area contributed by atoms with Gasteiger partial charge in [-0.3, -0.25) is 0 Å². The molecule has 1 heterocycles. The molecular formula is C15H19NO4. The van der Waals surface area contributed by atoms with Crippen LogP contribution in [0.2, 0.25) is 0 Å². The summed E-state index contributed by atoms with van der Waals surface area (Å²) in [5.41, 5.74) is 1.10. The summed E-state index contributed by atoms with van der Waals surface area (Å²) >= 11 is 0. The first-order valence-corrected chi connectivity index (χ1v) is 6.48. The highest BCUT2D eigenvalue weighted by Crippen LogP contribution is 2.23. The van der Waals surface area contributed by atoms with Crippen LogP contribution in [0.25, 0.3) is 0 Å². The van der Waals surface area contributed by atoms with Crippen molar-refractivity contribution in [2.45, 2.75) is 32.8 Å². The third-order valence-corrected chi connectivity index (χ3v) is 2.69. The molecule has 1 aromatic carbocycles. The number of carbonyl (C=O) groups excluding carboxylic acids is 1. The zero-order valence-corrected chi connectivity index (χ0v) is 11.9. The topological polar surface area (TPSA) is 59.0 Å². The Labute approximate surface area is 118 Å². The summed E-state index contributed by atoms with van der Waals surface area (Å²) in [6, 6.07) is 9.69. The number of amides is 1. The van der Waals surface area contributed by atoms with E-state index in [0.29, 0.717) is 12.0 Å². The number of hydrogen-bond acceptors (Lipinski definition) is 4. The number of benzene rings is 1. The molecule has 1 aromatic rings. The molecule has 5 nitrogen and oxygen atoms in total. The second-order valence-corrected chi connectivity index (χ2v) is 5.68. The Hall–Kier alpha value is -2.17. The van der Waals surface area contributed by atoms with E-state index in [1.807, 2.05) is 30.3 Å². The van der Waals surface area contributed by atoms with Crippen LogP contribution in [0.3, 0.4) is 0 Å². The van der Waals surface area contributed by atoms with Crippen molar-refractivity contribution in [2.24, 2.45) is 0 Å². The van der Waals surface area contributed by atoms with Crippen molar-refractivity contribution in [1.29, 1.82) is 0 Å². The lowest BCUT2D eigenvalue weighted by Gasteiger charge is -2.23. The van der Waals surface area contributed by atoms with Crippen molar-refractivity contribution in [2.75, 3.05) is 6.54 Å². The number of nitrogens with zero attached hydrogens (tertiary/aromatic N) is 1. The molecular weight excluding hydrogens is 258 g/mol. The first-order valence-electron chi connectivity index (χ1n) is 6.48. The van der Waals surface area contributed by atoms with Crippen molar-refractivity contribution in [1.82, 2.24) is 5.06 Å². The molecule has 1 aliphatic rings. The average molecular weight is 277 g/mol. The molecule has 0 radical (unpaired) electrons. The molecule has 0 unspecified atom stereocenters. The Bertz CT molecular complexity index is 516. The van der Waals surface area contributed by atoms with Gasteiger partial charge in [-0.1, -0.05) is 30.3 Å². The summed E-state index contributed by atoms with van der Waals surface area (Å²) in [6.45, 7) is 5.53. The van der Waals surface area contributed by atoms with E-state index >= 15 is 0 Å². The highest BCUT2D eigenvalue weighted by Gasteiger charge is 2.31. The summed E-state index contributed by atoms with van der Waals surface area (Å²) in [6.07, 6.45) is -0.0708. The highest BCUT2D eigenvalue weighted by molar-refractivity contribution is 5.67. The summed E-state index contributed by atoms with van der Waals surface area (Å²) < 4.78 is 5.19. The van der Waals surface area contributed by atoms with Crippen LogP contribution in [0.15, 0.2) is 41.9 Å². The largest absolute Gasteiger partial charge is 0.479 e. The first kappa shape index (κ1) is 14.2. The van der Waals surface area contributed by atoms with Crippen molar-refractivity contribution >= 4 is 6.09 Å². The number of carbonyl (C=O) groups is 1. The van der Waals surface area contributed by atoms with Gasteiger partial charge in [-0.15, -0.1) is 5.06 Å². The zero-order valence-electron chi connectivity index (χ0n) is 11.9. The van der Waals surface area contributed by atoms with Gasteiger partial charge in [0.2, 0.25) is 0 Å². The number of rotatable bonds is 2. The van der Waals surface area contributed by atoms with Gasteiger partial charge in [0.15, 0.2) is 0 Å². The second-order valence-electron chi connectivity index (χ2n) is 5.68. The van der Waals surface area contributed by atoms with Gasteiger partial charge in [0, 0.05) is 12.0 Å². The average Bonchev–Trinajstić information content (AvgIpc) is 2.70. The maximum atomic E-state index is 11.8. The van der Waals surface area contributed by atoms with E-state index in [-0.39, 0.29) is 12.5 Å². The van der Waals surface area contributed by atoms with E-state index in [2.05, 4.69) is 0 Å². The molecule has 1 N–H and O–H groups in total. The van der Waals surface area contributed by atoms with Crippen molar-refractivity contribution in [3.8, 4) is 0 Å². The first-order chi connectivity index (χ1) is 9.35. The maximum Gasteiger partial charge on any atom is 0.444 e. The fourth-order valence-electron chi connectivity index (χ4n) is 1.83. The van der Waals surface area contributed by atoms with Gasteiger partial charge in [-0.25, -0.2) is 4.79 Å². The summed E-state index contributed by atoms with van der Waals surface area (Å²) in [4.78, 5) is 16.9. The number of hydrogen-bond donors (Lipinski definition) is 1. The molecule has 0 bridgehead atoms. The van der Waals surface area contributed by atoms with Gasteiger partial charge in [0.25, 0.3) is 0 Å². The Morgan fingerprint density at radius 1 is 1.35 bits per heavy atom. The molecule has 108 valence electrons. The van der Waals surface area contributed by atoms with E-state index in [1.165, 1.54) is 0 Å². The van der Waals surface area contributed by atoms with Crippen LogP contribution in [-0.4, -0.2) is 28.4 Å². The third kappa shape index (κ3) is 3.66. The van der Waals surface area contributed by atoms with E-state index in [4.69, 9.17) is 9.57 Å². The summed E-state index contributed by atoms with van der Waals surface area (Å²) in [5.74, 6) is -0.222. The molecule has 0 spiro atoms. The Morgan fingerprint density at radius 2 is 2.00 bits per heavy atom. The van der Waals surface area contributed by atoms with Gasteiger partial charge >= 0.3 is 12.0 Å². The van der Waals surface area contributed by atoms with E-state index in [1.54, 1.807) is 20.8 Å². The molecule has 5 heteroatoms. The number of aliphatic hydroxyl groups is 1. The van der Waals surface area contributed by atoms with Gasteiger partial charge in [-0.05, 0) is 26.3 Å². The fraction of sp³-hybridized carbons (Fsp3) is 0.400. The van der Waals surface area contributed by atoms with Crippen LogP contribution in [0, 0.1) is 0 Å². The van der Waals surface area contributed by atoms with Crippen LogP contribution in [0.5, 0.6) is 0 Å². The lowest BCUT2D eigenvalue weighted by atomic mass is 10.1. The normalized spacial score (nSPS) is 15.2. The minimum Gasteiger partial charge on any atom is -0.479 e. The van der Waals surface area contributed by atoms with Crippen LogP contribution in [0.4, 0.5) is 4.79 Å². The summed E-state index contributed by atoms with van der Waals surface area (Å²) in [7, 11) is 0. The minimum atomic E-state index is -0.605. The SMILES string of the molecule is CC(C)(C)OC(=O)N1CC(Cc2ccccc2)=C(O)O1. The van der Waals surface area contributed by atoms with Crippen LogP contribution in [-0.2, 0) is 16.0 Å². The van der Waals surface area contributed by atoms with Gasteiger partial charge in [0.05, 0.1) is 6.54 Å². The van der Waals surface area contributed by atoms with E-state index in [9.17, 15) is 9.90 Å². The van der Waals surface area contributed by atoms with Crippen molar-refractivity contribution < 1.29 is 19.5 Å². The molecule has 1 amide bonds. The Kier molecular flexibility index (Phi) is 3.88. The zero-order chi connectivity index (χ0) is 14.8. The van der Waals surface area contributed by atoms with Gasteiger partial charge in [0.1, 0.15) is 5.60 Å². The minimum absolute atomic E-state index is 0.204. The molecule has 0 saturated carbocycles. The Morgan fingerprint density at radius 3 is 2.60 bits per heavy atom. The second kappa shape index (κ2) is 5.45. The molecule has 1 aliphatic heterocycles. The van der Waals surface area contributed by atoms with Gasteiger partial charge < -0.3 is 14.7 Å². The molecule has 0 fully saturated rings. The van der Waals surface area contributed by atoms with Crippen molar-refractivity contribution in [3.05, 3.63) is 47.4 Å². The molecule has 0 aliphatic carbocycles. The predicted octanol–water partition coefficient (Wildman–Crippen LogP) is 3.18. The fourth-order valence-corrected chi connectivity index (χ4v) is 1.83. The summed E-state index contributed by atoms with van der Waals surface area (Å²) in [5, 5.41) is 10.8. The van der Waals surface area contributed by atoms with Gasteiger partial charge in [-0.2, -0.15) is 0 Å².